The quantitative estimate of drug-likeness (QED) is 0.234. The van der Waals surface area contributed by atoms with Gasteiger partial charge >= 0.3 is 12.2 Å². The zero-order valence-electron chi connectivity index (χ0n) is 26.9. The Morgan fingerprint density at radius 3 is 2.24 bits per heavy atom. The third kappa shape index (κ3) is 7.84. The first-order valence-corrected chi connectivity index (χ1v) is 15.9. The molecule has 0 radical (unpaired) electrons. The summed E-state index contributed by atoms with van der Waals surface area (Å²) in [5.74, 6) is 0.108. The predicted molar refractivity (Wildman–Crippen MR) is 175 cm³/mol. The lowest BCUT2D eigenvalue weighted by molar-refractivity contribution is -0.117. The standard InChI is InChI=1S/C36H43FN4O5/c1-35(2,3)46-33(43)40-36(20-27(37)21-36)26-14-12-25(13-15-26)32-30(24-8-6-5-7-9-24)19-28(22-38-32)39-31(42)18-23-10-16-29(17-11-23)41(4)34(44)45/h5-9,12-15,19,22-23,27,29H,10-11,16-18,20-21H2,1-4H3,(H,39,42)(H,40,43)(H,44,45). The van der Waals surface area contributed by atoms with Gasteiger partial charge in [0.05, 0.1) is 23.1 Å². The van der Waals surface area contributed by atoms with E-state index in [0.717, 1.165) is 53.6 Å². The molecular formula is C36H43FN4O5. The lowest BCUT2D eigenvalue weighted by Gasteiger charge is -2.45. The molecule has 244 valence electrons. The van der Waals surface area contributed by atoms with E-state index in [1.54, 1.807) is 34.0 Å². The molecule has 2 saturated carbocycles. The van der Waals surface area contributed by atoms with Crippen molar-refractivity contribution in [3.8, 4) is 22.4 Å². The van der Waals surface area contributed by atoms with Crippen molar-refractivity contribution >= 4 is 23.8 Å². The van der Waals surface area contributed by atoms with Crippen LogP contribution >= 0.6 is 0 Å². The Kier molecular flexibility index (Phi) is 9.65. The Labute approximate surface area is 269 Å². The molecular weight excluding hydrogens is 587 g/mol. The van der Waals surface area contributed by atoms with Crippen molar-refractivity contribution in [2.45, 2.75) is 89.1 Å². The highest BCUT2D eigenvalue weighted by atomic mass is 19.1. The molecule has 2 aromatic carbocycles. The molecule has 0 atom stereocenters. The number of aromatic nitrogens is 1. The smallest absolute Gasteiger partial charge is 0.408 e. The first-order chi connectivity index (χ1) is 21.8. The summed E-state index contributed by atoms with van der Waals surface area (Å²) in [5, 5.41) is 15.2. The average molecular weight is 631 g/mol. The minimum Gasteiger partial charge on any atom is -0.465 e. The number of nitrogens with one attached hydrogen (secondary N) is 2. The van der Waals surface area contributed by atoms with Crippen LogP contribution in [0.5, 0.6) is 0 Å². The van der Waals surface area contributed by atoms with E-state index in [4.69, 9.17) is 9.72 Å². The number of carboxylic acid groups (broad SMARTS) is 1. The van der Waals surface area contributed by atoms with Crippen LogP contribution in [-0.4, -0.2) is 57.9 Å². The van der Waals surface area contributed by atoms with Gasteiger partial charge in [-0.2, -0.15) is 0 Å². The third-order valence-electron chi connectivity index (χ3n) is 8.99. The first kappa shape index (κ1) is 32.9. The molecule has 3 amide bonds. The van der Waals surface area contributed by atoms with E-state index in [1.807, 2.05) is 60.7 Å². The lowest BCUT2D eigenvalue weighted by atomic mass is 9.70. The van der Waals surface area contributed by atoms with Gasteiger partial charge in [0.2, 0.25) is 5.91 Å². The van der Waals surface area contributed by atoms with Gasteiger partial charge in [0.1, 0.15) is 11.8 Å². The maximum Gasteiger partial charge on any atom is 0.408 e. The van der Waals surface area contributed by atoms with Gasteiger partial charge in [-0.3, -0.25) is 9.78 Å². The number of rotatable bonds is 8. The van der Waals surface area contributed by atoms with E-state index >= 15 is 0 Å². The Morgan fingerprint density at radius 2 is 1.65 bits per heavy atom. The van der Waals surface area contributed by atoms with Crippen LogP contribution < -0.4 is 10.6 Å². The van der Waals surface area contributed by atoms with E-state index in [2.05, 4.69) is 10.6 Å². The van der Waals surface area contributed by atoms with Crippen LogP contribution in [0.1, 0.15) is 71.3 Å². The molecule has 1 heterocycles. The van der Waals surface area contributed by atoms with Crippen molar-refractivity contribution < 1.29 is 28.6 Å². The molecule has 0 bridgehead atoms. The molecule has 2 fully saturated rings. The molecule has 0 aliphatic heterocycles. The summed E-state index contributed by atoms with van der Waals surface area (Å²) in [6, 6.07) is 19.4. The van der Waals surface area contributed by atoms with Crippen LogP contribution in [0.3, 0.4) is 0 Å². The number of ether oxygens (including phenoxy) is 1. The van der Waals surface area contributed by atoms with Crippen molar-refractivity contribution in [3.05, 3.63) is 72.4 Å². The molecule has 1 aromatic heterocycles. The molecule has 46 heavy (non-hydrogen) atoms. The van der Waals surface area contributed by atoms with E-state index in [-0.39, 0.29) is 30.7 Å². The second-order valence-corrected chi connectivity index (χ2v) is 13.6. The van der Waals surface area contributed by atoms with Crippen LogP contribution in [0.15, 0.2) is 66.9 Å². The average Bonchev–Trinajstić information content (AvgIpc) is 2.99. The highest BCUT2D eigenvalue weighted by molar-refractivity contribution is 5.93. The number of amides is 3. The fraction of sp³-hybridized carbons (Fsp3) is 0.444. The maximum absolute atomic E-state index is 14.1. The van der Waals surface area contributed by atoms with Gasteiger partial charge in [0, 0.05) is 43.5 Å². The lowest BCUT2D eigenvalue weighted by Crippen LogP contribution is -2.56. The van der Waals surface area contributed by atoms with Crippen molar-refractivity contribution in [1.29, 1.82) is 0 Å². The number of alkyl halides is 1. The summed E-state index contributed by atoms with van der Waals surface area (Å²) in [4.78, 5) is 43.1. The largest absolute Gasteiger partial charge is 0.465 e. The second-order valence-electron chi connectivity index (χ2n) is 13.6. The number of alkyl carbamates (subject to hydrolysis) is 1. The fourth-order valence-corrected chi connectivity index (χ4v) is 6.52. The van der Waals surface area contributed by atoms with Crippen molar-refractivity contribution in [2.75, 3.05) is 12.4 Å². The summed E-state index contributed by atoms with van der Waals surface area (Å²) in [5.41, 5.74) is 3.23. The Morgan fingerprint density at radius 1 is 1.00 bits per heavy atom. The number of benzene rings is 2. The summed E-state index contributed by atoms with van der Waals surface area (Å²) in [6.07, 6.45) is 2.98. The molecule has 3 aromatic rings. The van der Waals surface area contributed by atoms with Gasteiger partial charge in [0.25, 0.3) is 0 Å². The molecule has 0 saturated heterocycles. The number of carbonyl (C=O) groups is 3. The van der Waals surface area contributed by atoms with Gasteiger partial charge in [-0.05, 0) is 69.6 Å². The minimum absolute atomic E-state index is 0.00263. The van der Waals surface area contributed by atoms with Gasteiger partial charge in [0.15, 0.2) is 0 Å². The van der Waals surface area contributed by atoms with Crippen LogP contribution in [0.4, 0.5) is 19.7 Å². The van der Waals surface area contributed by atoms with Crippen LogP contribution in [0, 0.1) is 5.92 Å². The summed E-state index contributed by atoms with van der Waals surface area (Å²) in [7, 11) is 1.60. The van der Waals surface area contributed by atoms with Crippen LogP contribution in [0.25, 0.3) is 22.4 Å². The van der Waals surface area contributed by atoms with E-state index < -0.39 is 29.5 Å². The SMILES string of the molecule is CN(C(=O)O)C1CCC(CC(=O)Nc2cnc(-c3ccc(C4(NC(=O)OC(C)(C)C)CC(F)C4)cc3)c(-c3ccccc3)c2)CC1. The Hall–Kier alpha value is -4.47. The molecule has 2 aliphatic carbocycles. The van der Waals surface area contributed by atoms with Crippen molar-refractivity contribution in [3.63, 3.8) is 0 Å². The number of hydrogen-bond donors (Lipinski definition) is 3. The van der Waals surface area contributed by atoms with Gasteiger partial charge in [-0.15, -0.1) is 0 Å². The minimum atomic E-state index is -1.00. The highest BCUT2D eigenvalue weighted by Gasteiger charge is 2.48. The molecule has 0 unspecified atom stereocenters. The van der Waals surface area contributed by atoms with E-state index in [9.17, 15) is 23.9 Å². The Balaban J connectivity index is 1.32. The number of pyridine rings is 1. The zero-order valence-corrected chi connectivity index (χ0v) is 26.9. The maximum atomic E-state index is 14.1. The fourth-order valence-electron chi connectivity index (χ4n) is 6.52. The topological polar surface area (TPSA) is 121 Å². The number of carbonyl (C=O) groups excluding carboxylic acids is 2. The zero-order chi connectivity index (χ0) is 33.1. The number of anilines is 1. The summed E-state index contributed by atoms with van der Waals surface area (Å²) >= 11 is 0. The molecule has 3 N–H and O–H groups in total. The molecule has 10 heteroatoms. The van der Waals surface area contributed by atoms with Crippen molar-refractivity contribution in [2.24, 2.45) is 5.92 Å². The number of hydrogen-bond acceptors (Lipinski definition) is 5. The molecule has 9 nitrogen and oxygen atoms in total. The van der Waals surface area contributed by atoms with Gasteiger partial charge in [-0.25, -0.2) is 14.0 Å². The second kappa shape index (κ2) is 13.5. The van der Waals surface area contributed by atoms with Gasteiger partial charge < -0.3 is 25.4 Å². The molecule has 0 spiro atoms. The number of nitrogens with zero attached hydrogens (tertiary/aromatic N) is 2. The predicted octanol–water partition coefficient (Wildman–Crippen LogP) is 7.76. The monoisotopic (exact) mass is 630 g/mol. The molecule has 5 rings (SSSR count). The first-order valence-electron chi connectivity index (χ1n) is 15.9. The summed E-state index contributed by atoms with van der Waals surface area (Å²) < 4.78 is 19.6. The van der Waals surface area contributed by atoms with Crippen LogP contribution in [0.2, 0.25) is 0 Å². The normalized spacial score (nSPS) is 22.7. The molecule has 2 aliphatic rings. The van der Waals surface area contributed by atoms with Crippen LogP contribution in [-0.2, 0) is 15.1 Å². The van der Waals surface area contributed by atoms with E-state index in [1.165, 1.54) is 4.90 Å². The van der Waals surface area contributed by atoms with Gasteiger partial charge in [-0.1, -0.05) is 54.6 Å². The summed E-state index contributed by atoms with van der Waals surface area (Å²) in [6.45, 7) is 5.37. The Bertz CT molecular complexity index is 1540. The van der Waals surface area contributed by atoms with Crippen molar-refractivity contribution in [1.82, 2.24) is 15.2 Å². The highest BCUT2D eigenvalue weighted by Crippen LogP contribution is 2.44. The number of halogens is 1. The van der Waals surface area contributed by atoms with E-state index in [0.29, 0.717) is 12.1 Å². The third-order valence-corrected chi connectivity index (χ3v) is 8.99.